The zero-order valence-corrected chi connectivity index (χ0v) is 10.1. The Morgan fingerprint density at radius 3 is 2.89 bits per heavy atom. The minimum atomic E-state index is -1.29. The van der Waals surface area contributed by atoms with Crippen LogP contribution in [0.1, 0.15) is 6.42 Å². The number of aliphatic carboxylic acids is 1. The number of amides is 1. The first kappa shape index (κ1) is 12.1. The van der Waals surface area contributed by atoms with Gasteiger partial charge in [0.15, 0.2) is 6.10 Å². The van der Waals surface area contributed by atoms with Gasteiger partial charge in [0.25, 0.3) is 5.91 Å². The molecule has 0 aromatic carbocycles. The van der Waals surface area contributed by atoms with E-state index in [0.29, 0.717) is 6.54 Å². The van der Waals surface area contributed by atoms with Crippen LogP contribution in [0.4, 0.5) is 0 Å². The lowest BCUT2D eigenvalue weighted by Crippen LogP contribution is -2.48. The summed E-state index contributed by atoms with van der Waals surface area (Å²) in [6.07, 6.45) is 2.27. The molecule has 102 valence electrons. The Morgan fingerprint density at radius 2 is 2.26 bits per heavy atom. The zero-order chi connectivity index (χ0) is 13.6. The molecule has 8 heteroatoms. The highest BCUT2D eigenvalue weighted by Crippen LogP contribution is 2.49. The van der Waals surface area contributed by atoms with Gasteiger partial charge >= 0.3 is 5.97 Å². The molecule has 2 N–H and O–H groups in total. The van der Waals surface area contributed by atoms with Gasteiger partial charge in [-0.15, -0.1) is 0 Å². The maximum absolute atomic E-state index is 12.1. The largest absolute Gasteiger partial charge is 0.480 e. The summed E-state index contributed by atoms with van der Waals surface area (Å²) in [4.78, 5) is 28.3. The second-order valence-corrected chi connectivity index (χ2v) is 5.07. The van der Waals surface area contributed by atoms with Crippen molar-refractivity contribution in [3.05, 3.63) is 12.7 Å². The van der Waals surface area contributed by atoms with Crippen LogP contribution in [0.5, 0.6) is 0 Å². The summed E-state index contributed by atoms with van der Waals surface area (Å²) in [5.41, 5.74) is 0. The van der Waals surface area contributed by atoms with E-state index in [-0.39, 0.29) is 18.4 Å². The van der Waals surface area contributed by atoms with E-state index in [4.69, 9.17) is 5.11 Å². The fourth-order valence-corrected chi connectivity index (χ4v) is 2.78. The van der Waals surface area contributed by atoms with Crippen molar-refractivity contribution in [3.8, 4) is 0 Å². The van der Waals surface area contributed by atoms with E-state index in [2.05, 4.69) is 10.1 Å². The quantitative estimate of drug-likeness (QED) is 0.691. The predicted molar refractivity (Wildman–Crippen MR) is 60.8 cm³/mol. The Hall–Kier alpha value is -1.96. The molecule has 2 heterocycles. The molecule has 0 radical (unpaired) electrons. The number of nitrogens with zero attached hydrogens (tertiary/aromatic N) is 4. The number of carbonyl (C=O) groups excluding carboxylic acids is 1. The normalized spacial score (nSPS) is 29.9. The number of hydrogen-bond acceptors (Lipinski definition) is 5. The highest BCUT2D eigenvalue weighted by atomic mass is 16.4. The fourth-order valence-electron chi connectivity index (χ4n) is 2.78. The van der Waals surface area contributed by atoms with E-state index in [1.807, 2.05) is 0 Å². The van der Waals surface area contributed by atoms with Gasteiger partial charge < -0.3 is 15.1 Å². The highest BCUT2D eigenvalue weighted by Gasteiger charge is 2.57. The molecular weight excluding hydrogens is 252 g/mol. The summed E-state index contributed by atoms with van der Waals surface area (Å²) in [6.45, 7) is 0.409. The molecular formula is C11H14N4O4. The summed E-state index contributed by atoms with van der Waals surface area (Å²) >= 11 is 0. The van der Waals surface area contributed by atoms with Crippen molar-refractivity contribution in [2.24, 2.45) is 11.8 Å². The van der Waals surface area contributed by atoms with E-state index in [1.165, 1.54) is 22.2 Å². The zero-order valence-electron chi connectivity index (χ0n) is 10.1. The molecule has 1 saturated heterocycles. The number of aliphatic hydroxyl groups is 1. The molecule has 3 rings (SSSR count). The van der Waals surface area contributed by atoms with E-state index in [9.17, 15) is 14.7 Å². The van der Waals surface area contributed by atoms with Crippen molar-refractivity contribution >= 4 is 11.9 Å². The molecule has 0 bridgehead atoms. The predicted octanol–water partition coefficient (Wildman–Crippen LogP) is -1.43. The molecule has 2 fully saturated rings. The first-order chi connectivity index (χ1) is 9.08. The summed E-state index contributed by atoms with van der Waals surface area (Å²) in [5, 5.41) is 22.8. The second kappa shape index (κ2) is 4.30. The SMILES string of the molecule is O=C(O)[C@@H]1[C@H]2C[C@H]2CN1C(=O)C(O)Cn1cncn1. The van der Waals surface area contributed by atoms with Gasteiger partial charge in [0.1, 0.15) is 18.7 Å². The maximum atomic E-state index is 12.1. The average Bonchev–Trinajstić information content (AvgIpc) is 2.79. The number of piperidine rings is 1. The number of fused-ring (bicyclic) bond motifs is 1. The molecule has 1 saturated carbocycles. The van der Waals surface area contributed by atoms with Crippen molar-refractivity contribution in [3.63, 3.8) is 0 Å². The van der Waals surface area contributed by atoms with Gasteiger partial charge in [0.2, 0.25) is 0 Å². The second-order valence-electron chi connectivity index (χ2n) is 5.07. The first-order valence-corrected chi connectivity index (χ1v) is 6.11. The van der Waals surface area contributed by atoms with E-state index in [0.717, 1.165) is 6.42 Å². The summed E-state index contributed by atoms with van der Waals surface area (Å²) in [7, 11) is 0. The van der Waals surface area contributed by atoms with Gasteiger partial charge in [-0.25, -0.2) is 14.5 Å². The number of likely N-dealkylation sites (tertiary alicyclic amines) is 1. The molecule has 1 amide bonds. The number of aliphatic hydroxyl groups excluding tert-OH is 1. The summed E-state index contributed by atoms with van der Waals surface area (Å²) in [6, 6.07) is -0.789. The maximum Gasteiger partial charge on any atom is 0.326 e. The van der Waals surface area contributed by atoms with E-state index >= 15 is 0 Å². The van der Waals surface area contributed by atoms with Gasteiger partial charge in [-0.3, -0.25) is 4.79 Å². The van der Waals surface area contributed by atoms with Gasteiger partial charge in [0, 0.05) is 6.54 Å². The van der Waals surface area contributed by atoms with E-state index in [1.54, 1.807) is 0 Å². The van der Waals surface area contributed by atoms with Crippen molar-refractivity contribution in [1.82, 2.24) is 19.7 Å². The number of carboxylic acid groups (broad SMARTS) is 1. The van der Waals surface area contributed by atoms with Crippen molar-refractivity contribution in [1.29, 1.82) is 0 Å². The lowest BCUT2D eigenvalue weighted by Gasteiger charge is -2.26. The van der Waals surface area contributed by atoms with Crippen LogP contribution in [0, 0.1) is 11.8 Å². The minimum absolute atomic E-state index is 0.0169. The van der Waals surface area contributed by atoms with Crippen LogP contribution in [-0.2, 0) is 16.1 Å². The van der Waals surface area contributed by atoms with Crippen LogP contribution in [0.15, 0.2) is 12.7 Å². The molecule has 1 aromatic rings. The lowest BCUT2D eigenvalue weighted by atomic mass is 10.1. The third-order valence-corrected chi connectivity index (χ3v) is 3.80. The van der Waals surface area contributed by atoms with E-state index < -0.39 is 24.0 Å². The minimum Gasteiger partial charge on any atom is -0.480 e. The van der Waals surface area contributed by atoms with Gasteiger partial charge in [-0.05, 0) is 18.3 Å². The Labute approximate surface area is 108 Å². The average molecular weight is 266 g/mol. The van der Waals surface area contributed by atoms with Crippen molar-refractivity contribution in [2.45, 2.75) is 25.1 Å². The molecule has 1 aromatic heterocycles. The number of carboxylic acids is 1. The van der Waals surface area contributed by atoms with Crippen LogP contribution in [-0.4, -0.2) is 60.4 Å². The van der Waals surface area contributed by atoms with Crippen LogP contribution in [0.2, 0.25) is 0 Å². The smallest absolute Gasteiger partial charge is 0.326 e. The molecule has 1 aliphatic carbocycles. The first-order valence-electron chi connectivity index (χ1n) is 6.11. The van der Waals surface area contributed by atoms with Gasteiger partial charge in [-0.2, -0.15) is 5.10 Å². The standard InChI is InChI=1S/C11H14N4O4/c16-8(3-14-5-12-4-13-14)10(17)15-2-6-1-7(6)9(15)11(18)19/h4-9,16H,1-3H2,(H,18,19)/t6-,7-,8?,9-/m0/s1. The number of rotatable bonds is 4. The lowest BCUT2D eigenvalue weighted by molar-refractivity contribution is -0.153. The number of hydrogen-bond donors (Lipinski definition) is 2. The molecule has 4 atom stereocenters. The molecule has 1 aliphatic heterocycles. The van der Waals surface area contributed by atoms with Crippen molar-refractivity contribution in [2.75, 3.05) is 6.54 Å². The topological polar surface area (TPSA) is 109 Å². The Morgan fingerprint density at radius 1 is 1.47 bits per heavy atom. The molecule has 1 unspecified atom stereocenters. The Kier molecular flexibility index (Phi) is 2.74. The third-order valence-electron chi connectivity index (χ3n) is 3.80. The van der Waals surface area contributed by atoms with Crippen molar-refractivity contribution < 1.29 is 19.8 Å². The van der Waals surface area contributed by atoms with Crippen LogP contribution in [0.3, 0.4) is 0 Å². The van der Waals surface area contributed by atoms with Crippen LogP contribution >= 0.6 is 0 Å². The molecule has 19 heavy (non-hydrogen) atoms. The highest BCUT2D eigenvalue weighted by molar-refractivity contribution is 5.87. The Bertz CT molecular complexity index is 503. The monoisotopic (exact) mass is 266 g/mol. The summed E-state index contributed by atoms with van der Waals surface area (Å²) in [5.74, 6) is -1.20. The number of carbonyl (C=O) groups is 2. The number of aromatic nitrogens is 3. The fraction of sp³-hybridized carbons (Fsp3) is 0.636. The van der Waals surface area contributed by atoms with Gasteiger partial charge in [0.05, 0.1) is 6.54 Å². The Balaban J connectivity index is 1.68. The summed E-state index contributed by atoms with van der Waals surface area (Å²) < 4.78 is 1.34. The van der Waals surface area contributed by atoms with Crippen LogP contribution in [0.25, 0.3) is 0 Å². The third kappa shape index (κ3) is 2.07. The molecule has 8 nitrogen and oxygen atoms in total. The van der Waals surface area contributed by atoms with Gasteiger partial charge in [-0.1, -0.05) is 0 Å². The van der Waals surface area contributed by atoms with Crippen LogP contribution < -0.4 is 0 Å². The molecule has 0 spiro atoms. The molecule has 2 aliphatic rings.